The number of halogens is 2. The van der Waals surface area contributed by atoms with E-state index in [4.69, 9.17) is 16.3 Å². The van der Waals surface area contributed by atoms with Crippen molar-refractivity contribution >= 4 is 39.4 Å². The Labute approximate surface area is 185 Å². The minimum atomic E-state index is -0.401. The van der Waals surface area contributed by atoms with Gasteiger partial charge in [-0.2, -0.15) is 5.10 Å². The molecular weight excluding hydrogens is 472 g/mol. The van der Waals surface area contributed by atoms with Gasteiger partial charge in [-0.05, 0) is 48.0 Å². The number of hydrogen-bond donors (Lipinski definition) is 1. The summed E-state index contributed by atoms with van der Waals surface area (Å²) in [6.07, 6.45) is 3.22. The first kappa shape index (κ1) is 20.1. The Kier molecular flexibility index (Phi) is 6.10. The third-order valence-corrected chi connectivity index (χ3v) is 4.85. The molecule has 1 amide bonds. The summed E-state index contributed by atoms with van der Waals surface area (Å²) < 4.78 is 9.77. The summed E-state index contributed by atoms with van der Waals surface area (Å²) >= 11 is 9.27. The van der Waals surface area contributed by atoms with E-state index in [1.807, 2.05) is 48.5 Å². The van der Waals surface area contributed by atoms with Gasteiger partial charge >= 0.3 is 0 Å². The molecular formula is C20H16BrClN6O2. The van der Waals surface area contributed by atoms with Gasteiger partial charge in [-0.3, -0.25) is 10.1 Å². The van der Waals surface area contributed by atoms with Crippen LogP contribution in [-0.2, 0) is 13.3 Å². The number of anilines is 1. The number of carbonyl (C=O) groups is 1. The van der Waals surface area contributed by atoms with Gasteiger partial charge in [-0.15, -0.1) is 5.10 Å². The first-order valence-electron chi connectivity index (χ1n) is 8.92. The van der Waals surface area contributed by atoms with Crippen LogP contribution in [0.5, 0.6) is 5.75 Å². The standard InChI is InChI=1S/C20H16BrClN6O2/c21-15-3-7-17(8-4-15)30-13-27-10-9-18(25-27)19(29)24-20-23-12-28(26-20)11-14-1-5-16(22)6-2-14/h1-10,12H,11,13H2,(H,24,26,29). The predicted molar refractivity (Wildman–Crippen MR) is 116 cm³/mol. The lowest BCUT2D eigenvalue weighted by atomic mass is 10.2. The molecule has 0 aliphatic carbocycles. The van der Waals surface area contributed by atoms with Crippen LogP contribution < -0.4 is 10.1 Å². The molecule has 2 aromatic carbocycles. The largest absolute Gasteiger partial charge is 0.471 e. The number of hydrogen-bond acceptors (Lipinski definition) is 5. The lowest BCUT2D eigenvalue weighted by Gasteiger charge is -2.06. The van der Waals surface area contributed by atoms with E-state index >= 15 is 0 Å². The lowest BCUT2D eigenvalue weighted by molar-refractivity contribution is 0.101. The number of nitrogens with zero attached hydrogens (tertiary/aromatic N) is 5. The summed E-state index contributed by atoms with van der Waals surface area (Å²) in [6.45, 7) is 0.699. The third-order valence-electron chi connectivity index (χ3n) is 4.07. The molecule has 8 nitrogen and oxygen atoms in total. The first-order chi connectivity index (χ1) is 14.5. The van der Waals surface area contributed by atoms with E-state index in [1.165, 1.54) is 4.68 Å². The Bertz CT molecular complexity index is 1140. The molecule has 0 unspecified atom stereocenters. The van der Waals surface area contributed by atoms with Crippen LogP contribution in [0.3, 0.4) is 0 Å². The van der Waals surface area contributed by atoms with E-state index in [0.29, 0.717) is 17.3 Å². The van der Waals surface area contributed by atoms with Gasteiger partial charge in [0, 0.05) is 15.7 Å². The van der Waals surface area contributed by atoms with E-state index in [0.717, 1.165) is 10.0 Å². The quantitative estimate of drug-likeness (QED) is 0.422. The lowest BCUT2D eigenvalue weighted by Crippen LogP contribution is -2.15. The van der Waals surface area contributed by atoms with Crippen molar-refractivity contribution in [2.45, 2.75) is 13.3 Å². The van der Waals surface area contributed by atoms with Gasteiger partial charge in [0.05, 0.1) is 6.54 Å². The highest BCUT2D eigenvalue weighted by Gasteiger charge is 2.12. The van der Waals surface area contributed by atoms with Crippen molar-refractivity contribution in [1.29, 1.82) is 0 Å². The molecule has 10 heteroatoms. The zero-order valence-electron chi connectivity index (χ0n) is 15.6. The van der Waals surface area contributed by atoms with Crippen molar-refractivity contribution in [2.24, 2.45) is 0 Å². The van der Waals surface area contributed by atoms with E-state index in [1.54, 1.807) is 23.3 Å². The molecule has 0 bridgehead atoms. The van der Waals surface area contributed by atoms with Crippen LogP contribution in [0.4, 0.5) is 5.95 Å². The fourth-order valence-electron chi connectivity index (χ4n) is 2.60. The fraction of sp³-hybridized carbons (Fsp3) is 0.100. The minimum Gasteiger partial charge on any atom is -0.471 e. The maximum atomic E-state index is 12.4. The molecule has 30 heavy (non-hydrogen) atoms. The summed E-state index contributed by atoms with van der Waals surface area (Å²) in [6, 6.07) is 16.5. The van der Waals surface area contributed by atoms with Crippen LogP contribution in [-0.4, -0.2) is 30.5 Å². The van der Waals surface area contributed by atoms with Crippen molar-refractivity contribution < 1.29 is 9.53 Å². The highest BCUT2D eigenvalue weighted by molar-refractivity contribution is 9.10. The summed E-state index contributed by atoms with van der Waals surface area (Å²) in [5.41, 5.74) is 1.26. The molecule has 4 rings (SSSR count). The van der Waals surface area contributed by atoms with Gasteiger partial charge in [0.15, 0.2) is 12.4 Å². The SMILES string of the molecule is O=C(Nc1ncn(Cc2ccc(Cl)cc2)n1)c1ccn(COc2ccc(Br)cc2)n1. The summed E-state index contributed by atoms with van der Waals surface area (Å²) in [4.78, 5) is 16.5. The van der Waals surface area contributed by atoms with Gasteiger partial charge in [-0.1, -0.05) is 39.7 Å². The zero-order chi connectivity index (χ0) is 20.9. The highest BCUT2D eigenvalue weighted by Crippen LogP contribution is 2.16. The van der Waals surface area contributed by atoms with Crippen LogP contribution in [0.1, 0.15) is 16.1 Å². The van der Waals surface area contributed by atoms with Gasteiger partial charge in [-0.25, -0.2) is 14.3 Å². The topological polar surface area (TPSA) is 86.9 Å². The van der Waals surface area contributed by atoms with Gasteiger partial charge < -0.3 is 4.74 Å². The molecule has 0 fully saturated rings. The van der Waals surface area contributed by atoms with Crippen molar-refractivity contribution in [3.05, 3.63) is 87.9 Å². The van der Waals surface area contributed by atoms with E-state index < -0.39 is 5.91 Å². The monoisotopic (exact) mass is 486 g/mol. The normalized spacial score (nSPS) is 10.7. The molecule has 0 saturated carbocycles. The third kappa shape index (κ3) is 5.25. The van der Waals surface area contributed by atoms with Crippen LogP contribution in [0, 0.1) is 0 Å². The molecule has 0 aliphatic rings. The van der Waals surface area contributed by atoms with E-state index in [2.05, 4.69) is 36.4 Å². The smallest absolute Gasteiger partial charge is 0.278 e. The first-order valence-corrected chi connectivity index (χ1v) is 10.1. The van der Waals surface area contributed by atoms with Gasteiger partial charge in [0.1, 0.15) is 12.1 Å². The Morgan fingerprint density at radius 3 is 2.57 bits per heavy atom. The Morgan fingerprint density at radius 2 is 1.80 bits per heavy atom. The molecule has 0 saturated heterocycles. The van der Waals surface area contributed by atoms with Crippen LogP contribution >= 0.6 is 27.5 Å². The molecule has 152 valence electrons. The number of nitrogens with one attached hydrogen (secondary N) is 1. The van der Waals surface area contributed by atoms with Gasteiger partial charge in [0.25, 0.3) is 5.91 Å². The van der Waals surface area contributed by atoms with Crippen molar-refractivity contribution in [2.75, 3.05) is 5.32 Å². The van der Waals surface area contributed by atoms with Crippen molar-refractivity contribution in [3.63, 3.8) is 0 Å². The number of carbonyl (C=O) groups excluding carboxylic acids is 1. The molecule has 0 aliphatic heterocycles. The van der Waals surface area contributed by atoms with Gasteiger partial charge in [0.2, 0.25) is 5.95 Å². The summed E-state index contributed by atoms with van der Waals surface area (Å²) in [7, 11) is 0. The minimum absolute atomic E-state index is 0.183. The zero-order valence-corrected chi connectivity index (χ0v) is 17.9. The number of amides is 1. The summed E-state index contributed by atoms with van der Waals surface area (Å²) in [5.74, 6) is 0.506. The average Bonchev–Trinajstić information content (AvgIpc) is 3.39. The Balaban J connectivity index is 1.32. The average molecular weight is 488 g/mol. The number of aromatic nitrogens is 5. The Hall–Kier alpha value is -3.17. The predicted octanol–water partition coefficient (Wildman–Crippen LogP) is 4.23. The number of benzene rings is 2. The Morgan fingerprint density at radius 1 is 1.03 bits per heavy atom. The second kappa shape index (κ2) is 9.10. The molecule has 0 atom stereocenters. The number of ether oxygens (including phenoxy) is 1. The van der Waals surface area contributed by atoms with Crippen molar-refractivity contribution in [3.8, 4) is 5.75 Å². The van der Waals surface area contributed by atoms with E-state index in [-0.39, 0.29) is 18.4 Å². The van der Waals surface area contributed by atoms with Crippen LogP contribution in [0.2, 0.25) is 5.02 Å². The molecule has 2 heterocycles. The number of rotatable bonds is 7. The molecule has 4 aromatic rings. The van der Waals surface area contributed by atoms with Crippen LogP contribution in [0.25, 0.3) is 0 Å². The highest BCUT2D eigenvalue weighted by atomic mass is 79.9. The molecule has 0 radical (unpaired) electrons. The van der Waals surface area contributed by atoms with Crippen LogP contribution in [0.15, 0.2) is 71.6 Å². The molecule has 2 aromatic heterocycles. The van der Waals surface area contributed by atoms with E-state index in [9.17, 15) is 4.79 Å². The van der Waals surface area contributed by atoms with Crippen molar-refractivity contribution in [1.82, 2.24) is 24.5 Å². The molecule has 1 N–H and O–H groups in total. The second-order valence-electron chi connectivity index (χ2n) is 6.31. The fourth-order valence-corrected chi connectivity index (χ4v) is 2.99. The summed E-state index contributed by atoms with van der Waals surface area (Å²) in [5, 5.41) is 11.8. The second-order valence-corrected chi connectivity index (χ2v) is 7.67. The molecule has 0 spiro atoms. The maximum Gasteiger partial charge on any atom is 0.278 e. The maximum absolute atomic E-state index is 12.4.